The summed E-state index contributed by atoms with van der Waals surface area (Å²) in [5, 5.41) is 3.26. The Bertz CT molecular complexity index is 261. The Labute approximate surface area is 86.5 Å². The van der Waals surface area contributed by atoms with Crippen LogP contribution in [0.3, 0.4) is 0 Å². The fourth-order valence-corrected chi connectivity index (χ4v) is 1.97. The predicted octanol–water partition coefficient (Wildman–Crippen LogP) is 3.23. The highest BCUT2D eigenvalue weighted by molar-refractivity contribution is 5.28. The highest BCUT2D eigenvalue weighted by Gasteiger charge is 2.19. The largest absolute Gasteiger partial charge is 0.313 e. The van der Waals surface area contributed by atoms with Gasteiger partial charge in [0.15, 0.2) is 0 Å². The highest BCUT2D eigenvalue weighted by Crippen LogP contribution is 2.36. The molecule has 1 heteroatoms. The maximum absolute atomic E-state index is 3.26. The molecular formula is C13H19N. The van der Waals surface area contributed by atoms with Crippen molar-refractivity contribution in [2.75, 3.05) is 7.05 Å². The van der Waals surface area contributed by atoms with Crippen LogP contribution in [0.5, 0.6) is 0 Å². The quantitative estimate of drug-likeness (QED) is 0.769. The molecule has 0 aromatic heterocycles. The number of rotatable bonds is 3. The Morgan fingerprint density at radius 3 is 2.29 bits per heavy atom. The molecule has 76 valence electrons. The van der Waals surface area contributed by atoms with Crippen LogP contribution in [0.15, 0.2) is 24.3 Å². The summed E-state index contributed by atoms with van der Waals surface area (Å²) in [6.45, 7) is 2.19. The summed E-state index contributed by atoms with van der Waals surface area (Å²) in [5.41, 5.74) is 2.92. The third kappa shape index (κ3) is 1.83. The number of benzene rings is 1. The molecule has 1 saturated carbocycles. The lowest BCUT2D eigenvalue weighted by molar-refractivity contribution is 0.419. The van der Waals surface area contributed by atoms with E-state index in [4.69, 9.17) is 0 Å². The minimum absolute atomic E-state index is 0.463. The van der Waals surface area contributed by atoms with Crippen molar-refractivity contribution in [2.24, 2.45) is 0 Å². The molecule has 0 saturated heterocycles. The fourth-order valence-electron chi connectivity index (χ4n) is 1.97. The second-order valence-electron chi connectivity index (χ2n) is 4.30. The van der Waals surface area contributed by atoms with E-state index in [9.17, 15) is 0 Å². The van der Waals surface area contributed by atoms with Crippen LogP contribution < -0.4 is 5.32 Å². The molecule has 2 rings (SSSR count). The van der Waals surface area contributed by atoms with Gasteiger partial charge in [-0.25, -0.2) is 0 Å². The lowest BCUT2D eigenvalue weighted by atomic mass is 9.80. The summed E-state index contributed by atoms with van der Waals surface area (Å²) in [5.74, 6) is 0.856. The molecule has 1 aromatic carbocycles. The van der Waals surface area contributed by atoms with Gasteiger partial charge in [-0.05, 0) is 43.9 Å². The average molecular weight is 189 g/mol. The molecule has 1 N–H and O–H groups in total. The Morgan fingerprint density at radius 2 is 1.86 bits per heavy atom. The molecule has 1 aromatic rings. The number of nitrogens with one attached hydrogen (secondary N) is 1. The van der Waals surface area contributed by atoms with Crippen LogP contribution in [0.2, 0.25) is 0 Å². The molecule has 0 bridgehead atoms. The zero-order chi connectivity index (χ0) is 9.97. The van der Waals surface area contributed by atoms with Crippen LogP contribution in [-0.2, 0) is 0 Å². The molecule has 0 spiro atoms. The van der Waals surface area contributed by atoms with Gasteiger partial charge in [0, 0.05) is 6.04 Å². The molecular weight excluding hydrogens is 170 g/mol. The summed E-state index contributed by atoms with van der Waals surface area (Å²) in [4.78, 5) is 0. The van der Waals surface area contributed by atoms with Crippen molar-refractivity contribution in [1.29, 1.82) is 0 Å². The SMILES string of the molecule is CNC(C)c1ccc(C2CCC2)cc1. The topological polar surface area (TPSA) is 12.0 Å². The maximum Gasteiger partial charge on any atom is 0.0289 e. The summed E-state index contributed by atoms with van der Waals surface area (Å²) < 4.78 is 0. The van der Waals surface area contributed by atoms with E-state index in [-0.39, 0.29) is 0 Å². The van der Waals surface area contributed by atoms with E-state index in [0.29, 0.717) is 6.04 Å². The second kappa shape index (κ2) is 4.14. The molecule has 1 unspecified atom stereocenters. The first-order valence-corrected chi connectivity index (χ1v) is 5.58. The minimum Gasteiger partial charge on any atom is -0.313 e. The van der Waals surface area contributed by atoms with Gasteiger partial charge in [-0.2, -0.15) is 0 Å². The van der Waals surface area contributed by atoms with E-state index in [1.54, 1.807) is 0 Å². The highest BCUT2D eigenvalue weighted by atomic mass is 14.8. The number of hydrogen-bond acceptors (Lipinski definition) is 1. The van der Waals surface area contributed by atoms with Crippen molar-refractivity contribution in [3.05, 3.63) is 35.4 Å². The molecule has 1 nitrogen and oxygen atoms in total. The maximum atomic E-state index is 3.26. The Morgan fingerprint density at radius 1 is 1.21 bits per heavy atom. The van der Waals surface area contributed by atoms with Crippen LogP contribution >= 0.6 is 0 Å². The summed E-state index contributed by atoms with van der Waals surface area (Å²) in [7, 11) is 2.00. The summed E-state index contributed by atoms with van der Waals surface area (Å²) >= 11 is 0. The van der Waals surface area contributed by atoms with E-state index in [0.717, 1.165) is 5.92 Å². The Balaban J connectivity index is 2.09. The molecule has 1 atom stereocenters. The van der Waals surface area contributed by atoms with Crippen molar-refractivity contribution in [1.82, 2.24) is 5.32 Å². The van der Waals surface area contributed by atoms with Gasteiger partial charge in [-0.15, -0.1) is 0 Å². The van der Waals surface area contributed by atoms with E-state index < -0.39 is 0 Å². The summed E-state index contributed by atoms with van der Waals surface area (Å²) in [6, 6.07) is 9.58. The van der Waals surface area contributed by atoms with Crippen LogP contribution in [0.1, 0.15) is 49.3 Å². The Hall–Kier alpha value is -0.820. The lowest BCUT2D eigenvalue weighted by Gasteiger charge is -2.26. The first-order valence-electron chi connectivity index (χ1n) is 5.58. The number of hydrogen-bond donors (Lipinski definition) is 1. The van der Waals surface area contributed by atoms with Crippen molar-refractivity contribution in [2.45, 2.75) is 38.1 Å². The monoisotopic (exact) mass is 189 g/mol. The molecule has 1 fully saturated rings. The van der Waals surface area contributed by atoms with E-state index in [1.807, 2.05) is 7.05 Å². The van der Waals surface area contributed by atoms with Gasteiger partial charge in [0.25, 0.3) is 0 Å². The Kier molecular flexibility index (Phi) is 2.87. The van der Waals surface area contributed by atoms with Gasteiger partial charge in [-0.1, -0.05) is 30.7 Å². The minimum atomic E-state index is 0.463. The van der Waals surface area contributed by atoms with Gasteiger partial charge in [0.1, 0.15) is 0 Å². The van der Waals surface area contributed by atoms with E-state index in [1.165, 1.54) is 30.4 Å². The van der Waals surface area contributed by atoms with Crippen molar-refractivity contribution >= 4 is 0 Å². The van der Waals surface area contributed by atoms with Gasteiger partial charge in [-0.3, -0.25) is 0 Å². The summed E-state index contributed by atoms with van der Waals surface area (Å²) in [6.07, 6.45) is 4.20. The van der Waals surface area contributed by atoms with Crippen LogP contribution in [-0.4, -0.2) is 7.05 Å². The predicted molar refractivity (Wildman–Crippen MR) is 60.5 cm³/mol. The third-order valence-electron chi connectivity index (χ3n) is 3.45. The lowest BCUT2D eigenvalue weighted by Crippen LogP contribution is -2.13. The zero-order valence-electron chi connectivity index (χ0n) is 9.09. The van der Waals surface area contributed by atoms with Crippen molar-refractivity contribution in [3.8, 4) is 0 Å². The van der Waals surface area contributed by atoms with Gasteiger partial charge >= 0.3 is 0 Å². The normalized spacial score (nSPS) is 19.0. The fraction of sp³-hybridized carbons (Fsp3) is 0.538. The molecule has 0 aliphatic heterocycles. The second-order valence-corrected chi connectivity index (χ2v) is 4.30. The van der Waals surface area contributed by atoms with Gasteiger partial charge in [0.05, 0.1) is 0 Å². The molecule has 14 heavy (non-hydrogen) atoms. The zero-order valence-corrected chi connectivity index (χ0v) is 9.09. The van der Waals surface area contributed by atoms with Crippen molar-refractivity contribution < 1.29 is 0 Å². The van der Waals surface area contributed by atoms with Crippen LogP contribution in [0, 0.1) is 0 Å². The standard InChI is InChI=1S/C13H19N/c1-10(14-2)11-6-8-13(9-7-11)12-4-3-5-12/h6-10,12,14H,3-5H2,1-2H3. The molecule has 1 aliphatic carbocycles. The molecule has 0 amide bonds. The van der Waals surface area contributed by atoms with Crippen LogP contribution in [0.4, 0.5) is 0 Å². The molecule has 0 heterocycles. The first kappa shape index (κ1) is 9.72. The first-order chi connectivity index (χ1) is 6.81. The van der Waals surface area contributed by atoms with E-state index >= 15 is 0 Å². The van der Waals surface area contributed by atoms with Crippen LogP contribution in [0.25, 0.3) is 0 Å². The van der Waals surface area contributed by atoms with E-state index in [2.05, 4.69) is 36.5 Å². The molecule has 1 aliphatic rings. The average Bonchev–Trinajstić information content (AvgIpc) is 2.15. The van der Waals surface area contributed by atoms with Gasteiger partial charge in [0.2, 0.25) is 0 Å². The van der Waals surface area contributed by atoms with Crippen molar-refractivity contribution in [3.63, 3.8) is 0 Å². The third-order valence-corrected chi connectivity index (χ3v) is 3.45. The molecule has 0 radical (unpaired) electrons. The van der Waals surface area contributed by atoms with Gasteiger partial charge < -0.3 is 5.32 Å². The smallest absolute Gasteiger partial charge is 0.0289 e.